The van der Waals surface area contributed by atoms with Gasteiger partial charge in [0.1, 0.15) is 5.75 Å². The van der Waals surface area contributed by atoms with E-state index in [9.17, 15) is 5.11 Å². The van der Waals surface area contributed by atoms with Gasteiger partial charge in [-0.15, -0.1) is 0 Å². The summed E-state index contributed by atoms with van der Waals surface area (Å²) in [7, 11) is 0. The Labute approximate surface area is 86.7 Å². The Hall–Kier alpha value is -0.540. The maximum atomic E-state index is 9.43. The zero-order valence-corrected chi connectivity index (χ0v) is 9.34. The van der Waals surface area contributed by atoms with E-state index in [1.165, 1.54) is 0 Å². The van der Waals surface area contributed by atoms with Gasteiger partial charge in [-0.25, -0.2) is 0 Å². The van der Waals surface area contributed by atoms with Gasteiger partial charge in [-0.05, 0) is 26.0 Å². The second kappa shape index (κ2) is 4.63. The van der Waals surface area contributed by atoms with Gasteiger partial charge in [0.05, 0.1) is 12.7 Å². The molecule has 2 nitrogen and oxygen atoms in total. The quantitative estimate of drug-likeness (QED) is 0.887. The monoisotopic (exact) mass is 244 g/mol. The van der Waals surface area contributed by atoms with Crippen molar-refractivity contribution in [2.45, 2.75) is 20.0 Å². The van der Waals surface area contributed by atoms with E-state index in [0.717, 1.165) is 15.8 Å². The number of benzene rings is 1. The van der Waals surface area contributed by atoms with Crippen LogP contribution in [0.4, 0.5) is 0 Å². The molecule has 0 spiro atoms. The van der Waals surface area contributed by atoms with Crippen LogP contribution in [0, 0.1) is 0 Å². The van der Waals surface area contributed by atoms with E-state index >= 15 is 0 Å². The normalized spacial score (nSPS) is 12.6. The van der Waals surface area contributed by atoms with Gasteiger partial charge in [0.25, 0.3) is 0 Å². The summed E-state index contributed by atoms with van der Waals surface area (Å²) >= 11 is 3.35. The highest BCUT2D eigenvalue weighted by Crippen LogP contribution is 2.28. The van der Waals surface area contributed by atoms with Crippen molar-refractivity contribution in [2.24, 2.45) is 0 Å². The Morgan fingerprint density at radius 1 is 1.54 bits per heavy atom. The van der Waals surface area contributed by atoms with E-state index in [1.54, 1.807) is 6.92 Å². The first-order valence-electron chi connectivity index (χ1n) is 4.25. The third-order valence-electron chi connectivity index (χ3n) is 1.73. The van der Waals surface area contributed by atoms with Crippen LogP contribution in [0.1, 0.15) is 25.5 Å². The number of halogens is 1. The summed E-state index contributed by atoms with van der Waals surface area (Å²) in [5, 5.41) is 9.43. The van der Waals surface area contributed by atoms with E-state index in [-0.39, 0.29) is 0 Å². The lowest BCUT2D eigenvalue weighted by Gasteiger charge is -2.12. The number of aliphatic hydroxyl groups is 1. The molecule has 1 unspecified atom stereocenters. The van der Waals surface area contributed by atoms with E-state index in [1.807, 2.05) is 25.1 Å². The minimum absolute atomic E-state index is 0.491. The lowest BCUT2D eigenvalue weighted by atomic mass is 10.1. The fourth-order valence-corrected chi connectivity index (χ4v) is 1.47. The first kappa shape index (κ1) is 10.5. The zero-order chi connectivity index (χ0) is 9.84. The molecule has 0 amide bonds. The Balaban J connectivity index is 3.03. The molecule has 0 bridgehead atoms. The van der Waals surface area contributed by atoms with E-state index in [2.05, 4.69) is 15.9 Å². The molecule has 1 aromatic carbocycles. The van der Waals surface area contributed by atoms with Crippen LogP contribution in [0.3, 0.4) is 0 Å². The SMILES string of the molecule is CCOc1cc(Br)ccc1C(C)O. The standard InChI is InChI=1S/C10H13BrO2/c1-3-13-10-6-8(11)4-5-9(10)7(2)12/h4-7,12H,3H2,1-2H3. The molecule has 1 aromatic rings. The number of hydrogen-bond acceptors (Lipinski definition) is 2. The Kier molecular flexibility index (Phi) is 3.75. The predicted octanol–water partition coefficient (Wildman–Crippen LogP) is 2.90. The first-order chi connectivity index (χ1) is 6.15. The maximum Gasteiger partial charge on any atom is 0.126 e. The molecule has 0 saturated heterocycles. The summed E-state index contributed by atoms with van der Waals surface area (Å²) < 4.78 is 6.35. The number of rotatable bonds is 3. The lowest BCUT2D eigenvalue weighted by molar-refractivity contribution is 0.192. The molecule has 0 aliphatic heterocycles. The van der Waals surface area contributed by atoms with Gasteiger partial charge >= 0.3 is 0 Å². The van der Waals surface area contributed by atoms with Gasteiger partial charge in [0.2, 0.25) is 0 Å². The number of aliphatic hydroxyl groups excluding tert-OH is 1. The molecule has 0 saturated carbocycles. The van der Waals surface area contributed by atoms with Crippen molar-refractivity contribution in [2.75, 3.05) is 6.61 Å². The summed E-state index contributed by atoms with van der Waals surface area (Å²) in [5.41, 5.74) is 0.824. The predicted molar refractivity (Wildman–Crippen MR) is 55.9 cm³/mol. The summed E-state index contributed by atoms with van der Waals surface area (Å²) in [6.07, 6.45) is -0.491. The van der Waals surface area contributed by atoms with Gasteiger partial charge in [-0.2, -0.15) is 0 Å². The van der Waals surface area contributed by atoms with Crippen molar-refractivity contribution in [3.05, 3.63) is 28.2 Å². The average Bonchev–Trinajstić information content (AvgIpc) is 2.04. The number of ether oxygens (including phenoxy) is 1. The van der Waals surface area contributed by atoms with Crippen LogP contribution in [0.5, 0.6) is 5.75 Å². The smallest absolute Gasteiger partial charge is 0.126 e. The highest BCUT2D eigenvalue weighted by molar-refractivity contribution is 9.10. The summed E-state index contributed by atoms with van der Waals surface area (Å²) in [4.78, 5) is 0. The van der Waals surface area contributed by atoms with Gasteiger partial charge in [0, 0.05) is 10.0 Å². The minimum atomic E-state index is -0.491. The second-order valence-electron chi connectivity index (χ2n) is 2.79. The fraction of sp³-hybridized carbons (Fsp3) is 0.400. The minimum Gasteiger partial charge on any atom is -0.493 e. The molecule has 1 rings (SSSR count). The molecule has 0 aliphatic carbocycles. The van der Waals surface area contributed by atoms with Gasteiger partial charge in [0.15, 0.2) is 0 Å². The molecule has 0 aliphatic rings. The third-order valence-corrected chi connectivity index (χ3v) is 2.22. The van der Waals surface area contributed by atoms with Crippen molar-refractivity contribution in [3.63, 3.8) is 0 Å². The Morgan fingerprint density at radius 2 is 2.23 bits per heavy atom. The van der Waals surface area contributed by atoms with Crippen molar-refractivity contribution in [3.8, 4) is 5.75 Å². The molecule has 0 fully saturated rings. The van der Waals surface area contributed by atoms with Gasteiger partial charge in [-0.1, -0.05) is 22.0 Å². The molecular formula is C10H13BrO2. The highest BCUT2D eigenvalue weighted by atomic mass is 79.9. The molecule has 1 atom stereocenters. The Morgan fingerprint density at radius 3 is 2.77 bits per heavy atom. The van der Waals surface area contributed by atoms with Crippen molar-refractivity contribution >= 4 is 15.9 Å². The first-order valence-corrected chi connectivity index (χ1v) is 5.04. The average molecular weight is 245 g/mol. The highest BCUT2D eigenvalue weighted by Gasteiger charge is 2.08. The van der Waals surface area contributed by atoms with Crippen LogP contribution in [0.25, 0.3) is 0 Å². The van der Waals surface area contributed by atoms with Crippen LogP contribution in [-0.2, 0) is 0 Å². The van der Waals surface area contributed by atoms with Gasteiger partial charge in [-0.3, -0.25) is 0 Å². The molecule has 3 heteroatoms. The summed E-state index contributed by atoms with van der Waals surface area (Å²) in [6, 6.07) is 5.62. The molecular weight excluding hydrogens is 232 g/mol. The Bertz CT molecular complexity index is 284. The largest absolute Gasteiger partial charge is 0.493 e. The van der Waals surface area contributed by atoms with E-state index in [0.29, 0.717) is 6.61 Å². The topological polar surface area (TPSA) is 29.5 Å². The molecule has 72 valence electrons. The summed E-state index contributed by atoms with van der Waals surface area (Å²) in [6.45, 7) is 4.26. The molecule has 0 heterocycles. The molecule has 1 N–H and O–H groups in total. The number of hydrogen-bond donors (Lipinski definition) is 1. The van der Waals surface area contributed by atoms with E-state index in [4.69, 9.17) is 4.74 Å². The van der Waals surface area contributed by atoms with Gasteiger partial charge < -0.3 is 9.84 Å². The summed E-state index contributed by atoms with van der Waals surface area (Å²) in [5.74, 6) is 0.742. The van der Waals surface area contributed by atoms with Crippen molar-refractivity contribution in [1.82, 2.24) is 0 Å². The van der Waals surface area contributed by atoms with Crippen molar-refractivity contribution in [1.29, 1.82) is 0 Å². The fourth-order valence-electron chi connectivity index (χ4n) is 1.13. The van der Waals surface area contributed by atoms with Crippen LogP contribution in [0.2, 0.25) is 0 Å². The van der Waals surface area contributed by atoms with Crippen molar-refractivity contribution < 1.29 is 9.84 Å². The lowest BCUT2D eigenvalue weighted by Crippen LogP contribution is -1.99. The maximum absolute atomic E-state index is 9.43. The van der Waals surface area contributed by atoms with Crippen LogP contribution in [0.15, 0.2) is 22.7 Å². The molecule has 0 radical (unpaired) electrons. The molecule has 13 heavy (non-hydrogen) atoms. The van der Waals surface area contributed by atoms with E-state index < -0.39 is 6.10 Å². The third kappa shape index (κ3) is 2.71. The second-order valence-corrected chi connectivity index (χ2v) is 3.71. The van der Waals surface area contributed by atoms with Crippen LogP contribution < -0.4 is 4.74 Å². The zero-order valence-electron chi connectivity index (χ0n) is 7.75. The van der Waals surface area contributed by atoms with Crippen LogP contribution in [-0.4, -0.2) is 11.7 Å². The molecule has 0 aromatic heterocycles. The van der Waals surface area contributed by atoms with Crippen LogP contribution >= 0.6 is 15.9 Å².